The monoisotopic (exact) mass is 367 g/mol. The molecule has 4 nitrogen and oxygen atoms in total. The van der Waals surface area contributed by atoms with E-state index in [0.29, 0.717) is 24.0 Å². The zero-order valence-corrected chi connectivity index (χ0v) is 14.5. The minimum Gasteiger partial charge on any atom is -0.487 e. The molecule has 26 heavy (non-hydrogen) atoms. The van der Waals surface area contributed by atoms with Gasteiger partial charge in [-0.3, -0.25) is 0 Å². The average molecular weight is 368 g/mol. The van der Waals surface area contributed by atoms with Crippen molar-refractivity contribution >= 4 is 29.2 Å². The summed E-state index contributed by atoms with van der Waals surface area (Å²) in [4.78, 5) is 10.9. The summed E-state index contributed by atoms with van der Waals surface area (Å²) in [6.45, 7) is 0.910. The van der Waals surface area contributed by atoms with Crippen molar-refractivity contribution in [1.82, 2.24) is 4.90 Å². The van der Waals surface area contributed by atoms with Crippen LogP contribution in [0, 0.1) is 5.82 Å². The van der Waals surface area contributed by atoms with Gasteiger partial charge in [-0.15, -0.1) is 0 Å². The summed E-state index contributed by atoms with van der Waals surface area (Å²) in [5.41, 5.74) is 2.29. The number of nitrogens with zero attached hydrogens (tertiary/aromatic N) is 3. The Morgan fingerprint density at radius 1 is 1.12 bits per heavy atom. The molecule has 2 aromatic rings. The van der Waals surface area contributed by atoms with E-state index >= 15 is 0 Å². The molecule has 2 aromatic carbocycles. The molecule has 0 N–H and O–H groups in total. The topological polar surface area (TPSA) is 37.2 Å². The molecule has 2 aliphatic rings. The molecule has 2 bridgehead atoms. The summed E-state index contributed by atoms with van der Waals surface area (Å²) in [6, 6.07) is 13.9. The van der Waals surface area contributed by atoms with Gasteiger partial charge in [0.15, 0.2) is 0 Å². The zero-order chi connectivity index (χ0) is 17.9. The highest BCUT2D eigenvalue weighted by atomic mass is 35.5. The molecule has 2 heterocycles. The van der Waals surface area contributed by atoms with Crippen molar-refractivity contribution in [1.29, 1.82) is 0 Å². The van der Waals surface area contributed by atoms with Crippen LogP contribution in [0.4, 0.5) is 4.39 Å². The van der Waals surface area contributed by atoms with Crippen LogP contribution in [-0.4, -0.2) is 30.1 Å². The summed E-state index contributed by atoms with van der Waals surface area (Å²) < 4.78 is 19.1. The van der Waals surface area contributed by atoms with Gasteiger partial charge in [0.1, 0.15) is 24.0 Å². The zero-order valence-electron chi connectivity index (χ0n) is 13.8. The lowest BCUT2D eigenvalue weighted by atomic mass is 10.1. The molecule has 0 saturated carbocycles. The fourth-order valence-electron chi connectivity index (χ4n) is 2.75. The minimum atomic E-state index is -0.367. The Labute approximate surface area is 155 Å². The maximum Gasteiger partial charge on any atom is 0.148 e. The maximum atomic E-state index is 13.3. The van der Waals surface area contributed by atoms with Crippen molar-refractivity contribution in [3.05, 3.63) is 83.0 Å². The number of aliphatic imine (C=N–C) groups is 2. The van der Waals surface area contributed by atoms with Gasteiger partial charge in [0.25, 0.3) is 0 Å². The number of rotatable bonds is 4. The Morgan fingerprint density at radius 3 is 2.77 bits per heavy atom. The van der Waals surface area contributed by atoms with E-state index in [4.69, 9.17) is 16.3 Å². The smallest absolute Gasteiger partial charge is 0.148 e. The van der Waals surface area contributed by atoms with Crippen molar-refractivity contribution in [3.63, 3.8) is 0 Å². The average Bonchev–Trinajstić information content (AvgIpc) is 2.79. The molecule has 0 radical (unpaired) electrons. The summed E-state index contributed by atoms with van der Waals surface area (Å²) in [7, 11) is 0. The van der Waals surface area contributed by atoms with Crippen molar-refractivity contribution in [2.75, 3.05) is 13.2 Å². The van der Waals surface area contributed by atoms with Crippen molar-refractivity contribution in [2.45, 2.75) is 0 Å². The van der Waals surface area contributed by atoms with E-state index in [1.165, 1.54) is 12.1 Å². The van der Waals surface area contributed by atoms with E-state index in [1.807, 2.05) is 47.6 Å². The summed E-state index contributed by atoms with van der Waals surface area (Å²) in [5.74, 6) is 1.10. The molecule has 0 fully saturated rings. The van der Waals surface area contributed by atoms with Gasteiger partial charge in [0.2, 0.25) is 0 Å². The Hall–Kier alpha value is -2.92. The van der Waals surface area contributed by atoms with Crippen LogP contribution < -0.4 is 4.74 Å². The first kappa shape index (κ1) is 16.5. The van der Waals surface area contributed by atoms with Gasteiger partial charge in [-0.1, -0.05) is 29.8 Å². The third kappa shape index (κ3) is 3.68. The second kappa shape index (κ2) is 7.14. The van der Waals surface area contributed by atoms with Crippen LogP contribution in [0.3, 0.4) is 0 Å². The lowest BCUT2D eigenvalue weighted by molar-refractivity contribution is 0.346. The van der Waals surface area contributed by atoms with E-state index in [0.717, 1.165) is 22.6 Å². The van der Waals surface area contributed by atoms with Crippen molar-refractivity contribution in [2.24, 2.45) is 9.98 Å². The molecule has 0 unspecified atom stereocenters. The number of para-hydroxylation sites is 1. The van der Waals surface area contributed by atoms with Crippen molar-refractivity contribution in [3.8, 4) is 5.75 Å². The number of halogens is 2. The van der Waals surface area contributed by atoms with Gasteiger partial charge in [0, 0.05) is 29.8 Å². The molecule has 0 atom stereocenters. The molecular weight excluding hydrogens is 353 g/mol. The summed E-state index contributed by atoms with van der Waals surface area (Å²) in [6.07, 6.45) is 5.54. The first-order valence-electron chi connectivity index (χ1n) is 8.10. The highest BCUT2D eigenvalue weighted by molar-refractivity contribution is 6.34. The Kier molecular flexibility index (Phi) is 4.54. The van der Waals surface area contributed by atoms with Gasteiger partial charge >= 0.3 is 0 Å². The maximum absolute atomic E-state index is 13.3. The second-order valence-corrected chi connectivity index (χ2v) is 6.30. The molecule has 0 spiro atoms. The lowest BCUT2D eigenvalue weighted by Gasteiger charge is -2.20. The molecule has 0 aliphatic carbocycles. The normalized spacial score (nSPS) is 15.8. The highest BCUT2D eigenvalue weighted by Gasteiger charge is 2.17. The van der Waals surface area contributed by atoms with Crippen LogP contribution in [0.1, 0.15) is 5.56 Å². The molecular formula is C20H15ClFN3O. The molecule has 130 valence electrons. The van der Waals surface area contributed by atoms with Gasteiger partial charge in [-0.25, -0.2) is 14.4 Å². The van der Waals surface area contributed by atoms with E-state index < -0.39 is 0 Å². The predicted octanol–water partition coefficient (Wildman–Crippen LogP) is 4.54. The Bertz CT molecular complexity index is 951. The SMILES string of the molecule is Fc1ccc(C2=CN3C=C(COc4ccccc4)N=C(C3)N=C2)c(Cl)c1. The minimum absolute atomic E-state index is 0.346. The van der Waals surface area contributed by atoms with Crippen LogP contribution in [-0.2, 0) is 0 Å². The number of fused-ring (bicyclic) bond motifs is 2. The van der Waals surface area contributed by atoms with E-state index in [9.17, 15) is 4.39 Å². The lowest BCUT2D eigenvalue weighted by Crippen LogP contribution is -2.23. The number of hydrogen-bond donors (Lipinski definition) is 0. The van der Waals surface area contributed by atoms with Crippen LogP contribution in [0.2, 0.25) is 5.02 Å². The first-order chi connectivity index (χ1) is 12.7. The van der Waals surface area contributed by atoms with Crippen LogP contribution in [0.5, 0.6) is 5.75 Å². The fourth-order valence-corrected chi connectivity index (χ4v) is 3.02. The molecule has 0 saturated heterocycles. The van der Waals surface area contributed by atoms with Gasteiger partial charge in [0.05, 0.1) is 17.3 Å². The Morgan fingerprint density at radius 2 is 1.96 bits per heavy atom. The Balaban J connectivity index is 1.57. The standard InChI is InChI=1S/C20H15ClFN3O/c21-19-8-15(22)6-7-18(19)14-9-23-20-12-25(10-14)11-16(24-20)13-26-17-4-2-1-3-5-17/h1-11H,12-13H2. The van der Waals surface area contributed by atoms with E-state index in [-0.39, 0.29) is 5.82 Å². The number of amidine groups is 1. The highest BCUT2D eigenvalue weighted by Crippen LogP contribution is 2.26. The number of ether oxygens (including phenoxy) is 1. The largest absolute Gasteiger partial charge is 0.487 e. The van der Waals surface area contributed by atoms with Gasteiger partial charge < -0.3 is 9.64 Å². The third-order valence-electron chi connectivity index (χ3n) is 3.94. The van der Waals surface area contributed by atoms with Crippen LogP contribution in [0.15, 0.2) is 76.6 Å². The van der Waals surface area contributed by atoms with Gasteiger partial charge in [-0.05, 0) is 30.3 Å². The fraction of sp³-hybridized carbons (Fsp3) is 0.100. The summed E-state index contributed by atoms with van der Waals surface area (Å²) in [5, 5.41) is 0.346. The number of allylic oxidation sites excluding steroid dienone is 1. The predicted molar refractivity (Wildman–Crippen MR) is 102 cm³/mol. The molecule has 6 heteroatoms. The number of benzene rings is 2. The van der Waals surface area contributed by atoms with Crippen LogP contribution in [0.25, 0.3) is 5.57 Å². The van der Waals surface area contributed by atoms with Crippen molar-refractivity contribution < 1.29 is 9.13 Å². The third-order valence-corrected chi connectivity index (χ3v) is 4.25. The second-order valence-electron chi connectivity index (χ2n) is 5.89. The summed E-state index contributed by atoms with van der Waals surface area (Å²) >= 11 is 6.18. The van der Waals surface area contributed by atoms with Crippen LogP contribution >= 0.6 is 11.6 Å². The van der Waals surface area contributed by atoms with Gasteiger partial charge in [-0.2, -0.15) is 0 Å². The quantitative estimate of drug-likeness (QED) is 0.795. The molecule has 4 rings (SSSR count). The first-order valence-corrected chi connectivity index (χ1v) is 8.48. The molecule has 2 aliphatic heterocycles. The number of hydrogen-bond acceptors (Lipinski definition) is 4. The molecule has 0 aromatic heterocycles. The molecule has 0 amide bonds. The van der Waals surface area contributed by atoms with E-state index in [2.05, 4.69) is 9.98 Å². The van der Waals surface area contributed by atoms with E-state index in [1.54, 1.807) is 12.3 Å².